The number of ether oxygens (including phenoxy) is 1. The summed E-state index contributed by atoms with van der Waals surface area (Å²) in [6.07, 6.45) is 4.65. The molecule has 88 valence electrons. The van der Waals surface area contributed by atoms with E-state index < -0.39 is 5.97 Å². The Hall–Kier alpha value is -1.69. The Morgan fingerprint density at radius 2 is 2.35 bits per heavy atom. The van der Waals surface area contributed by atoms with E-state index in [2.05, 4.69) is 9.97 Å². The SMILES string of the molecule is O=C(O)COc1ncnc2sc3c(c12)CCC3. The molecule has 3 rings (SSSR count). The van der Waals surface area contributed by atoms with Crippen LogP contribution < -0.4 is 4.74 Å². The van der Waals surface area contributed by atoms with E-state index in [9.17, 15) is 4.79 Å². The number of fused-ring (bicyclic) bond motifs is 3. The van der Waals surface area contributed by atoms with Gasteiger partial charge in [0.15, 0.2) is 6.61 Å². The molecule has 0 saturated carbocycles. The molecule has 1 N–H and O–H groups in total. The topological polar surface area (TPSA) is 72.3 Å². The van der Waals surface area contributed by atoms with Crippen molar-refractivity contribution in [3.63, 3.8) is 0 Å². The molecule has 2 aromatic rings. The lowest BCUT2D eigenvalue weighted by atomic mass is 10.2. The highest BCUT2D eigenvalue weighted by atomic mass is 32.1. The van der Waals surface area contributed by atoms with Gasteiger partial charge in [0.05, 0.1) is 5.39 Å². The van der Waals surface area contributed by atoms with Crippen LogP contribution in [-0.2, 0) is 17.6 Å². The number of nitrogens with zero attached hydrogens (tertiary/aromatic N) is 2. The van der Waals surface area contributed by atoms with Gasteiger partial charge in [0, 0.05) is 4.88 Å². The molecule has 5 nitrogen and oxygen atoms in total. The molecule has 0 saturated heterocycles. The van der Waals surface area contributed by atoms with Crippen molar-refractivity contribution in [3.05, 3.63) is 16.8 Å². The molecule has 0 fully saturated rings. The Morgan fingerprint density at radius 1 is 1.47 bits per heavy atom. The lowest BCUT2D eigenvalue weighted by Crippen LogP contribution is -2.10. The summed E-state index contributed by atoms with van der Waals surface area (Å²) in [6, 6.07) is 0. The summed E-state index contributed by atoms with van der Waals surface area (Å²) in [6.45, 7) is -0.364. The summed E-state index contributed by atoms with van der Waals surface area (Å²) in [5.74, 6) is -0.597. The molecule has 2 aromatic heterocycles. The summed E-state index contributed by atoms with van der Waals surface area (Å²) >= 11 is 1.66. The first-order valence-electron chi connectivity index (χ1n) is 5.35. The molecule has 6 heteroatoms. The molecule has 0 radical (unpaired) electrons. The van der Waals surface area contributed by atoms with Gasteiger partial charge in [-0.05, 0) is 24.8 Å². The second kappa shape index (κ2) is 3.96. The van der Waals surface area contributed by atoms with Crippen LogP contribution in [0.15, 0.2) is 6.33 Å². The van der Waals surface area contributed by atoms with Crippen LogP contribution in [0, 0.1) is 0 Å². The summed E-state index contributed by atoms with van der Waals surface area (Å²) in [4.78, 5) is 21.0. The van der Waals surface area contributed by atoms with E-state index >= 15 is 0 Å². The average molecular weight is 250 g/mol. The monoisotopic (exact) mass is 250 g/mol. The molecule has 0 aromatic carbocycles. The summed E-state index contributed by atoms with van der Waals surface area (Å²) in [5.41, 5.74) is 1.24. The van der Waals surface area contributed by atoms with Crippen molar-refractivity contribution in [3.8, 4) is 5.88 Å². The van der Waals surface area contributed by atoms with E-state index in [1.165, 1.54) is 16.8 Å². The first kappa shape index (κ1) is 10.5. The van der Waals surface area contributed by atoms with Gasteiger partial charge in [-0.3, -0.25) is 0 Å². The molecule has 17 heavy (non-hydrogen) atoms. The smallest absolute Gasteiger partial charge is 0.341 e. The fraction of sp³-hybridized carbons (Fsp3) is 0.364. The van der Waals surface area contributed by atoms with Crippen LogP contribution in [0.2, 0.25) is 0 Å². The van der Waals surface area contributed by atoms with Crippen molar-refractivity contribution in [2.24, 2.45) is 0 Å². The Morgan fingerprint density at radius 3 is 3.18 bits per heavy atom. The predicted octanol–water partition coefficient (Wildman–Crippen LogP) is 1.64. The Balaban J connectivity index is 2.08. The first-order chi connectivity index (χ1) is 8.25. The lowest BCUT2D eigenvalue weighted by molar-refractivity contribution is -0.139. The fourth-order valence-electron chi connectivity index (χ4n) is 2.14. The number of carbonyl (C=O) groups is 1. The van der Waals surface area contributed by atoms with Gasteiger partial charge in [0.2, 0.25) is 5.88 Å². The standard InChI is InChI=1S/C11H10N2O3S/c14-8(15)4-16-10-9-6-2-1-3-7(6)17-11(9)13-5-12-10/h5H,1-4H2,(H,14,15). The maximum atomic E-state index is 10.5. The first-order valence-corrected chi connectivity index (χ1v) is 6.17. The van der Waals surface area contributed by atoms with Crippen molar-refractivity contribution >= 4 is 27.5 Å². The van der Waals surface area contributed by atoms with Gasteiger partial charge in [-0.25, -0.2) is 14.8 Å². The van der Waals surface area contributed by atoms with Crippen molar-refractivity contribution in [2.45, 2.75) is 19.3 Å². The number of hydrogen-bond acceptors (Lipinski definition) is 5. The number of aryl methyl sites for hydroxylation is 2. The molecule has 0 aliphatic heterocycles. The third kappa shape index (κ3) is 1.74. The molecule has 0 unspecified atom stereocenters. The fourth-order valence-corrected chi connectivity index (χ4v) is 3.36. The number of thiophene rings is 1. The van der Waals surface area contributed by atoms with Gasteiger partial charge in [-0.1, -0.05) is 0 Å². The van der Waals surface area contributed by atoms with Gasteiger partial charge in [0.1, 0.15) is 11.2 Å². The van der Waals surface area contributed by atoms with E-state index in [1.54, 1.807) is 11.3 Å². The van der Waals surface area contributed by atoms with Gasteiger partial charge in [-0.15, -0.1) is 11.3 Å². The molecule has 0 amide bonds. The summed E-state index contributed by atoms with van der Waals surface area (Å²) < 4.78 is 5.22. The molecular formula is C11H10N2O3S. The van der Waals surface area contributed by atoms with Crippen LogP contribution in [0.3, 0.4) is 0 Å². The van der Waals surface area contributed by atoms with Gasteiger partial charge in [0.25, 0.3) is 0 Å². The van der Waals surface area contributed by atoms with E-state index in [0.29, 0.717) is 5.88 Å². The number of rotatable bonds is 3. The molecule has 1 aliphatic rings. The molecule has 2 heterocycles. The van der Waals surface area contributed by atoms with Crippen LogP contribution in [0.25, 0.3) is 10.2 Å². The molecule has 0 bridgehead atoms. The zero-order valence-electron chi connectivity index (χ0n) is 8.97. The van der Waals surface area contributed by atoms with Crippen molar-refractivity contribution in [1.29, 1.82) is 0 Å². The largest absolute Gasteiger partial charge is 0.479 e. The number of aliphatic carboxylic acids is 1. The predicted molar refractivity (Wildman–Crippen MR) is 62.6 cm³/mol. The normalized spacial score (nSPS) is 13.9. The second-order valence-electron chi connectivity index (χ2n) is 3.90. The second-order valence-corrected chi connectivity index (χ2v) is 4.98. The maximum absolute atomic E-state index is 10.5. The number of aromatic nitrogens is 2. The minimum atomic E-state index is -0.997. The van der Waals surface area contributed by atoms with Crippen LogP contribution >= 0.6 is 11.3 Å². The van der Waals surface area contributed by atoms with Crippen LogP contribution in [-0.4, -0.2) is 27.7 Å². The third-order valence-corrected chi connectivity index (χ3v) is 4.00. The third-order valence-electron chi connectivity index (χ3n) is 2.80. The van der Waals surface area contributed by atoms with Crippen LogP contribution in [0.5, 0.6) is 5.88 Å². The number of hydrogen-bond donors (Lipinski definition) is 1. The number of carboxylic acids is 1. The van der Waals surface area contributed by atoms with Gasteiger partial charge >= 0.3 is 5.97 Å². The molecule has 1 aliphatic carbocycles. The van der Waals surface area contributed by atoms with Crippen molar-refractivity contribution in [2.75, 3.05) is 6.61 Å². The molecular weight excluding hydrogens is 240 g/mol. The Kier molecular flexibility index (Phi) is 2.44. The van der Waals surface area contributed by atoms with Crippen molar-refractivity contribution < 1.29 is 14.6 Å². The maximum Gasteiger partial charge on any atom is 0.341 e. The summed E-state index contributed by atoms with van der Waals surface area (Å²) in [5, 5.41) is 9.53. The highest BCUT2D eigenvalue weighted by Gasteiger charge is 2.22. The Bertz CT molecular complexity index is 594. The van der Waals surface area contributed by atoms with Crippen LogP contribution in [0.1, 0.15) is 16.9 Å². The Labute approximate surface area is 101 Å². The summed E-state index contributed by atoms with van der Waals surface area (Å²) in [7, 11) is 0. The van der Waals surface area contributed by atoms with E-state index in [1.807, 2.05) is 0 Å². The molecule has 0 atom stereocenters. The quantitative estimate of drug-likeness (QED) is 0.896. The highest BCUT2D eigenvalue weighted by molar-refractivity contribution is 7.18. The molecule has 0 spiro atoms. The minimum absolute atomic E-state index is 0.364. The van der Waals surface area contributed by atoms with Crippen LogP contribution in [0.4, 0.5) is 0 Å². The highest BCUT2D eigenvalue weighted by Crippen LogP contribution is 2.39. The van der Waals surface area contributed by atoms with Gasteiger partial charge < -0.3 is 9.84 Å². The lowest BCUT2D eigenvalue weighted by Gasteiger charge is -2.03. The van der Waals surface area contributed by atoms with E-state index in [-0.39, 0.29) is 6.61 Å². The average Bonchev–Trinajstić information content (AvgIpc) is 2.85. The minimum Gasteiger partial charge on any atom is -0.479 e. The van der Waals surface area contributed by atoms with Crippen molar-refractivity contribution in [1.82, 2.24) is 9.97 Å². The van der Waals surface area contributed by atoms with E-state index in [4.69, 9.17) is 9.84 Å². The van der Waals surface area contributed by atoms with E-state index in [0.717, 1.165) is 29.5 Å². The zero-order valence-corrected chi connectivity index (χ0v) is 9.79. The zero-order chi connectivity index (χ0) is 11.8. The number of carboxylic acid groups (broad SMARTS) is 1. The van der Waals surface area contributed by atoms with Gasteiger partial charge in [-0.2, -0.15) is 0 Å².